The molecule has 0 unspecified atom stereocenters. The number of urea groups is 1. The molecular weight excluding hydrogens is 230 g/mol. The van der Waals surface area contributed by atoms with E-state index in [0.29, 0.717) is 23.1 Å². The molecule has 2 rings (SSSR count). The van der Waals surface area contributed by atoms with Gasteiger partial charge < -0.3 is 15.2 Å². The number of aromatic nitrogens is 1. The zero-order valence-electron chi connectivity index (χ0n) is 11.2. The van der Waals surface area contributed by atoms with Crippen LogP contribution in [0.1, 0.15) is 44.1 Å². The van der Waals surface area contributed by atoms with Crippen molar-refractivity contribution in [2.75, 3.05) is 5.32 Å². The zero-order valence-corrected chi connectivity index (χ0v) is 11.2. The summed E-state index contributed by atoms with van der Waals surface area (Å²) >= 11 is 0. The van der Waals surface area contributed by atoms with E-state index < -0.39 is 0 Å². The molecule has 1 saturated carbocycles. The Labute approximate surface area is 107 Å². The topological polar surface area (TPSA) is 67.2 Å². The van der Waals surface area contributed by atoms with Crippen molar-refractivity contribution in [2.45, 2.75) is 52.5 Å². The Morgan fingerprint density at radius 3 is 2.67 bits per heavy atom. The van der Waals surface area contributed by atoms with Gasteiger partial charge in [0.05, 0.1) is 0 Å². The van der Waals surface area contributed by atoms with Gasteiger partial charge in [0.25, 0.3) is 0 Å². The van der Waals surface area contributed by atoms with E-state index in [1.54, 1.807) is 6.92 Å². The Hall–Kier alpha value is -1.52. The maximum Gasteiger partial charge on any atom is 0.319 e. The summed E-state index contributed by atoms with van der Waals surface area (Å²) in [5.41, 5.74) is 1.38. The second-order valence-corrected chi connectivity index (χ2v) is 5.17. The number of amides is 2. The summed E-state index contributed by atoms with van der Waals surface area (Å²) in [6.07, 6.45) is 4.72. The van der Waals surface area contributed by atoms with Gasteiger partial charge in [-0.05, 0) is 32.6 Å². The van der Waals surface area contributed by atoms with Crippen LogP contribution in [0.15, 0.2) is 4.52 Å². The number of hydrogen-bond acceptors (Lipinski definition) is 3. The Balaban J connectivity index is 1.92. The third kappa shape index (κ3) is 2.83. The normalized spacial score (nSPS) is 23.7. The minimum atomic E-state index is -0.164. The van der Waals surface area contributed by atoms with Crippen molar-refractivity contribution >= 4 is 11.7 Å². The summed E-state index contributed by atoms with van der Waals surface area (Å²) in [7, 11) is 0. The zero-order chi connectivity index (χ0) is 13.1. The predicted molar refractivity (Wildman–Crippen MR) is 69.6 cm³/mol. The molecule has 0 aromatic carbocycles. The number of carbonyl (C=O) groups excluding carboxylic acids is 1. The molecule has 2 N–H and O–H groups in total. The number of carbonyl (C=O) groups is 1. The number of nitrogens with one attached hydrogen (secondary N) is 2. The monoisotopic (exact) mass is 251 g/mol. The van der Waals surface area contributed by atoms with E-state index in [1.807, 2.05) is 6.92 Å². The molecule has 0 aliphatic heterocycles. The van der Waals surface area contributed by atoms with E-state index in [0.717, 1.165) is 6.42 Å². The first-order valence-electron chi connectivity index (χ1n) is 6.58. The van der Waals surface area contributed by atoms with Gasteiger partial charge in [0.15, 0.2) is 5.76 Å². The van der Waals surface area contributed by atoms with Crippen molar-refractivity contribution in [2.24, 2.45) is 5.92 Å². The minimum Gasteiger partial charge on any atom is -0.359 e. The van der Waals surface area contributed by atoms with Crippen molar-refractivity contribution in [1.29, 1.82) is 0 Å². The van der Waals surface area contributed by atoms with E-state index in [9.17, 15) is 4.79 Å². The number of aryl methyl sites for hydroxylation is 2. The van der Waals surface area contributed by atoms with Gasteiger partial charge in [0.1, 0.15) is 11.4 Å². The average Bonchev–Trinajstić information content (AvgIpc) is 2.64. The lowest BCUT2D eigenvalue weighted by Crippen LogP contribution is -2.43. The fourth-order valence-corrected chi connectivity index (χ4v) is 2.51. The summed E-state index contributed by atoms with van der Waals surface area (Å²) < 4.78 is 5.01. The van der Waals surface area contributed by atoms with Crippen molar-refractivity contribution < 1.29 is 9.32 Å². The van der Waals surface area contributed by atoms with Crippen LogP contribution in [-0.2, 0) is 0 Å². The molecule has 0 bridgehead atoms. The largest absolute Gasteiger partial charge is 0.359 e. The number of nitrogens with zero attached hydrogens (tertiary/aromatic N) is 1. The van der Waals surface area contributed by atoms with Gasteiger partial charge in [-0.2, -0.15) is 0 Å². The van der Waals surface area contributed by atoms with Crippen molar-refractivity contribution in [3.63, 3.8) is 0 Å². The number of rotatable bonds is 2. The molecular formula is C13H21N3O2. The van der Waals surface area contributed by atoms with E-state index >= 15 is 0 Å². The molecule has 18 heavy (non-hydrogen) atoms. The number of anilines is 1. The van der Waals surface area contributed by atoms with Gasteiger partial charge in [-0.15, -0.1) is 0 Å². The van der Waals surface area contributed by atoms with E-state index in [-0.39, 0.29) is 12.1 Å². The first-order valence-corrected chi connectivity index (χ1v) is 6.58. The van der Waals surface area contributed by atoms with Crippen LogP contribution in [-0.4, -0.2) is 17.2 Å². The summed E-state index contributed by atoms with van der Waals surface area (Å²) in [5, 5.41) is 9.68. The maximum absolute atomic E-state index is 11.9. The molecule has 0 radical (unpaired) electrons. The van der Waals surface area contributed by atoms with Crippen LogP contribution in [0, 0.1) is 19.8 Å². The molecule has 100 valence electrons. The molecule has 1 heterocycles. The highest BCUT2D eigenvalue weighted by Gasteiger charge is 2.23. The fraction of sp³-hybridized carbons (Fsp3) is 0.692. The van der Waals surface area contributed by atoms with Crippen LogP contribution in [0.25, 0.3) is 0 Å². The molecule has 0 spiro atoms. The average molecular weight is 251 g/mol. The molecule has 1 fully saturated rings. The quantitative estimate of drug-likeness (QED) is 0.849. The van der Waals surface area contributed by atoms with Crippen molar-refractivity contribution in [3.8, 4) is 0 Å². The van der Waals surface area contributed by atoms with Gasteiger partial charge in [-0.25, -0.2) is 4.79 Å². The second-order valence-electron chi connectivity index (χ2n) is 5.17. The molecule has 2 atom stereocenters. The van der Waals surface area contributed by atoms with Crippen LogP contribution in [0.5, 0.6) is 0 Å². The highest BCUT2D eigenvalue weighted by atomic mass is 16.5. The van der Waals surface area contributed by atoms with Crippen LogP contribution in [0.3, 0.4) is 0 Å². The molecule has 1 aliphatic rings. The Kier molecular flexibility index (Phi) is 3.89. The van der Waals surface area contributed by atoms with Crippen LogP contribution in [0.2, 0.25) is 0 Å². The van der Waals surface area contributed by atoms with E-state index in [4.69, 9.17) is 4.52 Å². The first kappa shape index (κ1) is 12.9. The summed E-state index contributed by atoms with van der Waals surface area (Å²) in [4.78, 5) is 11.9. The second kappa shape index (κ2) is 5.42. The van der Waals surface area contributed by atoms with Crippen LogP contribution < -0.4 is 10.6 Å². The van der Waals surface area contributed by atoms with Gasteiger partial charge in [-0.3, -0.25) is 0 Å². The Morgan fingerprint density at radius 1 is 1.33 bits per heavy atom. The lowest BCUT2D eigenvalue weighted by molar-refractivity contribution is 0.232. The minimum absolute atomic E-state index is 0.164. The first-order chi connectivity index (χ1) is 8.58. The molecule has 1 aromatic rings. The summed E-state index contributed by atoms with van der Waals surface area (Å²) in [6.45, 7) is 5.80. The van der Waals surface area contributed by atoms with E-state index in [1.165, 1.54) is 19.3 Å². The molecule has 1 aromatic heterocycles. The third-order valence-corrected chi connectivity index (χ3v) is 3.70. The maximum atomic E-state index is 11.9. The lowest BCUT2D eigenvalue weighted by atomic mass is 9.86. The SMILES string of the molecule is Cc1noc(C)c1NC(=O)N[C@@H]1CCCC[C@@H]1C. The lowest BCUT2D eigenvalue weighted by Gasteiger charge is -2.29. The van der Waals surface area contributed by atoms with E-state index in [2.05, 4.69) is 22.7 Å². The van der Waals surface area contributed by atoms with Gasteiger partial charge in [0, 0.05) is 6.04 Å². The van der Waals surface area contributed by atoms with Crippen LogP contribution in [0.4, 0.5) is 10.5 Å². The Morgan fingerprint density at radius 2 is 2.06 bits per heavy atom. The van der Waals surface area contributed by atoms with Gasteiger partial charge >= 0.3 is 6.03 Å². The fourth-order valence-electron chi connectivity index (χ4n) is 2.51. The highest BCUT2D eigenvalue weighted by molar-refractivity contribution is 5.90. The molecule has 5 heteroatoms. The smallest absolute Gasteiger partial charge is 0.319 e. The molecule has 2 amide bonds. The van der Waals surface area contributed by atoms with Gasteiger partial charge in [0.2, 0.25) is 0 Å². The third-order valence-electron chi connectivity index (χ3n) is 3.70. The highest BCUT2D eigenvalue weighted by Crippen LogP contribution is 2.24. The molecule has 5 nitrogen and oxygen atoms in total. The molecule has 1 aliphatic carbocycles. The van der Waals surface area contributed by atoms with Crippen molar-refractivity contribution in [3.05, 3.63) is 11.5 Å². The predicted octanol–water partition coefficient (Wildman–Crippen LogP) is 2.99. The Bertz CT molecular complexity index is 408. The van der Waals surface area contributed by atoms with Crippen LogP contribution >= 0.6 is 0 Å². The van der Waals surface area contributed by atoms with Crippen molar-refractivity contribution in [1.82, 2.24) is 10.5 Å². The standard InChI is InChI=1S/C13H21N3O2/c1-8-6-4-5-7-11(8)14-13(17)15-12-9(2)16-18-10(12)3/h8,11H,4-7H2,1-3H3,(H2,14,15,17)/t8-,11+/m0/s1. The summed E-state index contributed by atoms with van der Waals surface area (Å²) in [6, 6.07) is 0.113. The molecule has 0 saturated heterocycles. The summed E-state index contributed by atoms with van der Waals surface area (Å²) in [5.74, 6) is 1.19. The number of hydrogen-bond donors (Lipinski definition) is 2. The van der Waals surface area contributed by atoms with Gasteiger partial charge in [-0.1, -0.05) is 24.9 Å².